The molecule has 0 aromatic heterocycles. The summed E-state index contributed by atoms with van der Waals surface area (Å²) in [5.74, 6) is 0. The van der Waals surface area contributed by atoms with Crippen LogP contribution >= 0.6 is 0 Å². The van der Waals surface area contributed by atoms with Crippen molar-refractivity contribution in [2.75, 3.05) is 13.9 Å². The average molecular weight is 455 g/mol. The van der Waals surface area contributed by atoms with E-state index in [1.165, 1.54) is 26.6 Å². The van der Waals surface area contributed by atoms with E-state index in [0.717, 1.165) is 7.11 Å². The Labute approximate surface area is 149 Å². The van der Waals surface area contributed by atoms with Gasteiger partial charge in [0.2, 0.25) is 0 Å². The molecule has 2 fully saturated rings. The molecule has 2 aliphatic heterocycles. The number of rotatable bonds is 1. The third-order valence-electron chi connectivity index (χ3n) is 2.79. The van der Waals surface area contributed by atoms with Gasteiger partial charge in [0.1, 0.15) is 13.1 Å². The van der Waals surface area contributed by atoms with Crippen LogP contribution in [0.4, 0.5) is 0 Å². The summed E-state index contributed by atoms with van der Waals surface area (Å²) in [6.45, 7) is 4.47. The Morgan fingerprint density at radius 2 is 1.28 bits per heavy atom. The van der Waals surface area contributed by atoms with Gasteiger partial charge < -0.3 is 57.8 Å². The Kier molecular flexibility index (Phi) is 6.28. The van der Waals surface area contributed by atoms with Crippen LogP contribution in [0.2, 0.25) is 19.6 Å². The zero-order valence-electron chi connectivity index (χ0n) is 14.2. The highest BCUT2D eigenvalue weighted by molar-refractivity contribution is 6.84. The molecule has 18 heteroatoms. The van der Waals surface area contributed by atoms with E-state index in [4.69, 9.17) is 38.6 Å². The minimum absolute atomic E-state index is 0.577. The van der Waals surface area contributed by atoms with Crippen LogP contribution in [0.15, 0.2) is 0 Å². The first kappa shape index (κ1) is 21.9. The van der Waals surface area contributed by atoms with E-state index in [2.05, 4.69) is 0 Å². The topological polar surface area (TPSA) is 164 Å². The lowest BCUT2D eigenvalue weighted by molar-refractivity contribution is -0.111. The summed E-state index contributed by atoms with van der Waals surface area (Å²) < 4.78 is 47.0. The molecular formula is C7H22O13Si5. The van der Waals surface area contributed by atoms with Crippen molar-refractivity contribution >= 4 is 44.5 Å². The molecular weight excluding hydrogens is 432 g/mol. The van der Waals surface area contributed by atoms with Gasteiger partial charge in [-0.05, 0) is 6.92 Å². The minimum atomic E-state index is -4.71. The Hall–Kier alpha value is 0.564. The number of hydrogen-bond acceptors (Lipinski definition) is 13. The molecule has 13 nitrogen and oxygen atoms in total. The van der Waals surface area contributed by atoms with Gasteiger partial charge in [-0.3, -0.25) is 0 Å². The summed E-state index contributed by atoms with van der Waals surface area (Å²) in [5.41, 5.74) is 0. The van der Waals surface area contributed by atoms with Gasteiger partial charge in [-0.2, -0.15) is 0 Å². The molecule has 2 aliphatic rings. The second-order valence-corrected chi connectivity index (χ2v) is 17.7. The Balaban J connectivity index is 2.46. The minimum Gasteiger partial charge on any atom is -0.390 e. The maximum absolute atomic E-state index is 10.4. The summed E-state index contributed by atoms with van der Waals surface area (Å²) in [6, 6.07) is 0. The molecule has 1 spiro atoms. The fourth-order valence-corrected chi connectivity index (χ4v) is 15.5. The summed E-state index contributed by atoms with van der Waals surface area (Å²) in [7, 11) is -20.0. The second-order valence-electron chi connectivity index (χ2n) is 5.54. The second kappa shape index (κ2) is 7.19. The van der Waals surface area contributed by atoms with Crippen LogP contribution in [0, 0.1) is 0 Å². The lowest BCUT2D eigenvalue weighted by Gasteiger charge is -2.44. The zero-order chi connectivity index (χ0) is 19.1. The zero-order valence-corrected chi connectivity index (χ0v) is 19.2. The van der Waals surface area contributed by atoms with Gasteiger partial charge in [0.25, 0.3) is 0 Å². The van der Waals surface area contributed by atoms with Gasteiger partial charge in [0, 0.05) is 26.8 Å². The lowest BCUT2D eigenvalue weighted by atomic mass is 10.8. The van der Waals surface area contributed by atoms with Crippen molar-refractivity contribution in [1.82, 2.24) is 0 Å². The molecule has 25 heavy (non-hydrogen) atoms. The van der Waals surface area contributed by atoms with Crippen molar-refractivity contribution in [1.29, 1.82) is 0 Å². The third kappa shape index (κ3) is 6.02. The van der Waals surface area contributed by atoms with Crippen LogP contribution < -0.4 is 0 Å². The van der Waals surface area contributed by atoms with Gasteiger partial charge in [0.05, 0.1) is 0 Å². The average Bonchev–Trinajstić information content (AvgIpc) is 2.31. The van der Waals surface area contributed by atoms with Gasteiger partial charge in [-0.25, -0.2) is 0 Å². The maximum atomic E-state index is 10.4. The molecule has 2 saturated heterocycles. The van der Waals surface area contributed by atoms with Crippen molar-refractivity contribution in [2.45, 2.75) is 32.9 Å². The van der Waals surface area contributed by atoms with Crippen molar-refractivity contribution < 1.29 is 57.8 Å². The quantitative estimate of drug-likeness (QED) is 0.311. The fourth-order valence-electron chi connectivity index (χ4n) is 2.04. The monoisotopic (exact) mass is 454 g/mol. The summed E-state index contributed by atoms with van der Waals surface area (Å²) in [5, 5.41) is 0. The summed E-state index contributed by atoms with van der Waals surface area (Å²) in [4.78, 5) is 41.4. The highest BCUT2D eigenvalue weighted by Gasteiger charge is 2.69. The summed E-state index contributed by atoms with van der Waals surface area (Å²) in [6.07, 6.45) is -1.05. The predicted molar refractivity (Wildman–Crippen MR) is 85.3 cm³/mol. The molecule has 2 heterocycles. The van der Waals surface area contributed by atoms with Crippen LogP contribution in [0.3, 0.4) is 0 Å². The van der Waals surface area contributed by atoms with Crippen LogP contribution in [0.5, 0.6) is 0 Å². The number of hydrogen-bond donors (Lipinski definition) is 4. The van der Waals surface area contributed by atoms with Crippen molar-refractivity contribution in [3.05, 3.63) is 0 Å². The Bertz CT molecular complexity index is 469. The molecule has 148 valence electrons. The SMILES string of the molecule is CO[Si]1(O)OCO[Si](C)(O)O[Si]2(O[Si](C)(O)OC(C)O[Si](C)(O)O2)O1. The molecule has 4 N–H and O–H groups in total. The summed E-state index contributed by atoms with van der Waals surface area (Å²) >= 11 is 0. The highest BCUT2D eigenvalue weighted by Crippen LogP contribution is 2.32. The smallest absolute Gasteiger partial charge is 0.390 e. The first-order chi connectivity index (χ1) is 11.2. The van der Waals surface area contributed by atoms with E-state index in [1.54, 1.807) is 0 Å². The van der Waals surface area contributed by atoms with E-state index in [0.29, 0.717) is 0 Å². The molecule has 4 atom stereocenters. The molecule has 2 rings (SSSR count). The van der Waals surface area contributed by atoms with E-state index in [9.17, 15) is 19.2 Å². The molecule has 4 unspecified atom stereocenters. The van der Waals surface area contributed by atoms with Crippen molar-refractivity contribution in [3.8, 4) is 0 Å². The highest BCUT2D eigenvalue weighted by atomic mass is 28.6. The van der Waals surface area contributed by atoms with E-state index in [-0.39, 0.29) is 0 Å². The van der Waals surface area contributed by atoms with Gasteiger partial charge in [-0.1, -0.05) is 0 Å². The molecule has 0 aromatic carbocycles. The molecule has 0 radical (unpaired) electrons. The standard InChI is InChI=1S/C7H22O13Si5/c1-7-15-22(4,9)18-25(19-23(5,10)16-7)17-21(3,8)13-6-14-24(11,12-2)20-25/h7-11H,6H2,1-5H3. The third-order valence-corrected chi connectivity index (χ3v) is 15.6. The van der Waals surface area contributed by atoms with Crippen molar-refractivity contribution in [2.24, 2.45) is 0 Å². The molecule has 0 saturated carbocycles. The largest absolute Gasteiger partial charge is 0.672 e. The van der Waals surface area contributed by atoms with Crippen LogP contribution in [-0.2, 0) is 38.6 Å². The molecule has 0 bridgehead atoms. The normalized spacial score (nSPS) is 52.9. The van der Waals surface area contributed by atoms with Crippen LogP contribution in [0.25, 0.3) is 0 Å². The first-order valence-corrected chi connectivity index (χ1v) is 17.2. The first-order valence-electron chi connectivity index (χ1n) is 7.08. The van der Waals surface area contributed by atoms with Gasteiger partial charge in [-0.15, -0.1) is 0 Å². The molecule has 0 aliphatic carbocycles. The lowest BCUT2D eigenvalue weighted by Crippen LogP contribution is -2.73. The Morgan fingerprint density at radius 3 is 1.76 bits per heavy atom. The molecule has 0 amide bonds. The van der Waals surface area contributed by atoms with Crippen LogP contribution in [-0.4, -0.2) is 83.9 Å². The van der Waals surface area contributed by atoms with Crippen molar-refractivity contribution in [3.63, 3.8) is 0 Å². The van der Waals surface area contributed by atoms with Crippen LogP contribution in [0.1, 0.15) is 6.92 Å². The predicted octanol–water partition coefficient (Wildman–Crippen LogP) is -2.36. The molecule has 0 aromatic rings. The van der Waals surface area contributed by atoms with E-state index in [1.807, 2.05) is 0 Å². The Morgan fingerprint density at radius 1 is 0.800 bits per heavy atom. The van der Waals surface area contributed by atoms with E-state index < -0.39 is 57.6 Å². The van der Waals surface area contributed by atoms with Gasteiger partial charge in [0.15, 0.2) is 0 Å². The maximum Gasteiger partial charge on any atom is 0.672 e. The fraction of sp³-hybridized carbons (Fsp3) is 1.00. The van der Waals surface area contributed by atoms with Gasteiger partial charge >= 0.3 is 44.5 Å². The van der Waals surface area contributed by atoms with E-state index >= 15 is 0 Å².